The van der Waals surface area contributed by atoms with Crippen molar-refractivity contribution in [1.82, 2.24) is 10.2 Å². The summed E-state index contributed by atoms with van der Waals surface area (Å²) in [4.78, 5) is 26.8. The molecule has 2 heterocycles. The standard InChI is InChI=1S/C19H25N3O2/c23-18(13-9-10-13)20-15-11-16-7-4-8-17(12-15)22(16)19(24)21-14-5-2-1-3-6-14/h1-3,5-6,13,15-17H,4,7-12H2,(H,20,23)(H,21,24)/t15?,16-,17+. The molecule has 2 N–H and O–H groups in total. The maximum absolute atomic E-state index is 12.8. The number of anilines is 1. The van der Waals surface area contributed by atoms with Gasteiger partial charge in [0.1, 0.15) is 0 Å². The average molecular weight is 327 g/mol. The highest BCUT2D eigenvalue weighted by Crippen LogP contribution is 2.35. The van der Waals surface area contributed by atoms with Gasteiger partial charge in [-0.05, 0) is 57.1 Å². The Morgan fingerprint density at radius 1 is 0.958 bits per heavy atom. The molecule has 4 rings (SSSR count). The van der Waals surface area contributed by atoms with E-state index in [4.69, 9.17) is 0 Å². The first kappa shape index (κ1) is 15.5. The van der Waals surface area contributed by atoms with E-state index < -0.39 is 0 Å². The van der Waals surface area contributed by atoms with Gasteiger partial charge >= 0.3 is 6.03 Å². The third-order valence-corrected chi connectivity index (χ3v) is 5.53. The zero-order chi connectivity index (χ0) is 16.5. The summed E-state index contributed by atoms with van der Waals surface area (Å²) in [6.45, 7) is 0. The van der Waals surface area contributed by atoms with E-state index in [-0.39, 0.29) is 36.0 Å². The molecule has 3 amide bonds. The van der Waals surface area contributed by atoms with Gasteiger partial charge < -0.3 is 15.5 Å². The number of piperidine rings is 2. The summed E-state index contributed by atoms with van der Waals surface area (Å²) in [6, 6.07) is 10.3. The second kappa shape index (κ2) is 6.46. The molecule has 1 aliphatic carbocycles. The Hall–Kier alpha value is -2.04. The van der Waals surface area contributed by atoms with Gasteiger partial charge in [-0.2, -0.15) is 0 Å². The number of nitrogens with zero attached hydrogens (tertiary/aromatic N) is 1. The first-order valence-electron chi connectivity index (χ1n) is 9.15. The van der Waals surface area contributed by atoms with Crippen molar-refractivity contribution in [3.8, 4) is 0 Å². The second-order valence-corrected chi connectivity index (χ2v) is 7.39. The molecule has 3 fully saturated rings. The summed E-state index contributed by atoms with van der Waals surface area (Å²) in [5, 5.41) is 6.24. The van der Waals surface area contributed by atoms with Gasteiger partial charge in [0.25, 0.3) is 0 Å². The number of para-hydroxylation sites is 1. The van der Waals surface area contributed by atoms with Crippen LogP contribution < -0.4 is 10.6 Å². The molecule has 0 radical (unpaired) electrons. The van der Waals surface area contributed by atoms with Crippen molar-refractivity contribution in [2.24, 2.45) is 5.92 Å². The van der Waals surface area contributed by atoms with E-state index in [9.17, 15) is 9.59 Å². The van der Waals surface area contributed by atoms with Gasteiger partial charge in [-0.25, -0.2) is 4.79 Å². The molecule has 5 heteroatoms. The molecule has 0 spiro atoms. The largest absolute Gasteiger partial charge is 0.353 e. The van der Waals surface area contributed by atoms with Crippen LogP contribution in [-0.2, 0) is 4.79 Å². The molecule has 1 aromatic carbocycles. The number of urea groups is 1. The quantitative estimate of drug-likeness (QED) is 0.896. The number of amides is 3. The predicted molar refractivity (Wildman–Crippen MR) is 92.6 cm³/mol. The molecular formula is C19H25N3O2. The lowest BCUT2D eigenvalue weighted by atomic mass is 9.82. The Balaban J connectivity index is 1.41. The monoisotopic (exact) mass is 327 g/mol. The highest BCUT2D eigenvalue weighted by Gasteiger charge is 2.42. The van der Waals surface area contributed by atoms with E-state index in [0.29, 0.717) is 0 Å². The fraction of sp³-hybridized carbons (Fsp3) is 0.579. The van der Waals surface area contributed by atoms with Crippen molar-refractivity contribution in [1.29, 1.82) is 0 Å². The molecule has 1 unspecified atom stereocenters. The zero-order valence-corrected chi connectivity index (χ0v) is 13.9. The molecule has 2 saturated heterocycles. The fourth-order valence-corrected chi connectivity index (χ4v) is 4.20. The molecule has 1 saturated carbocycles. The SMILES string of the molecule is O=C(NC1C[C@H]2CCC[C@@H](C1)N2C(=O)Nc1ccccc1)C1CC1. The van der Waals surface area contributed by atoms with Gasteiger partial charge in [0, 0.05) is 29.7 Å². The van der Waals surface area contributed by atoms with Crippen molar-refractivity contribution in [3.63, 3.8) is 0 Å². The van der Waals surface area contributed by atoms with Gasteiger partial charge in [-0.1, -0.05) is 18.2 Å². The summed E-state index contributed by atoms with van der Waals surface area (Å²) >= 11 is 0. The van der Waals surface area contributed by atoms with E-state index in [1.54, 1.807) is 0 Å². The van der Waals surface area contributed by atoms with Gasteiger partial charge in [0.2, 0.25) is 5.91 Å². The van der Waals surface area contributed by atoms with E-state index in [2.05, 4.69) is 10.6 Å². The topological polar surface area (TPSA) is 61.4 Å². The molecule has 128 valence electrons. The first-order valence-corrected chi connectivity index (χ1v) is 9.15. The Labute approximate surface area is 142 Å². The van der Waals surface area contributed by atoms with Crippen LogP contribution in [0.2, 0.25) is 0 Å². The van der Waals surface area contributed by atoms with Crippen LogP contribution in [0.5, 0.6) is 0 Å². The number of fused-ring (bicyclic) bond motifs is 2. The van der Waals surface area contributed by atoms with Crippen LogP contribution in [0.3, 0.4) is 0 Å². The van der Waals surface area contributed by atoms with E-state index in [1.165, 1.54) is 6.42 Å². The molecule has 5 nitrogen and oxygen atoms in total. The number of nitrogens with one attached hydrogen (secondary N) is 2. The number of carbonyl (C=O) groups excluding carboxylic acids is 2. The molecular weight excluding hydrogens is 302 g/mol. The predicted octanol–water partition coefficient (Wildman–Crippen LogP) is 3.13. The van der Waals surface area contributed by atoms with E-state index in [1.807, 2.05) is 35.2 Å². The number of benzene rings is 1. The lowest BCUT2D eigenvalue weighted by Crippen LogP contribution is -2.59. The number of hydrogen-bond acceptors (Lipinski definition) is 2. The van der Waals surface area contributed by atoms with Crippen LogP contribution in [0.4, 0.5) is 10.5 Å². The Morgan fingerprint density at radius 3 is 2.25 bits per heavy atom. The average Bonchev–Trinajstić information content (AvgIpc) is 3.40. The van der Waals surface area contributed by atoms with Crippen LogP contribution in [-0.4, -0.2) is 35.0 Å². The summed E-state index contributed by atoms with van der Waals surface area (Å²) in [7, 11) is 0. The Morgan fingerprint density at radius 2 is 1.62 bits per heavy atom. The first-order chi connectivity index (χ1) is 11.7. The highest BCUT2D eigenvalue weighted by atomic mass is 16.2. The van der Waals surface area contributed by atoms with Gasteiger partial charge in [-0.15, -0.1) is 0 Å². The van der Waals surface area contributed by atoms with E-state index >= 15 is 0 Å². The Bertz CT molecular complexity index is 600. The maximum Gasteiger partial charge on any atom is 0.322 e. The molecule has 1 aromatic rings. The number of hydrogen-bond donors (Lipinski definition) is 2. The minimum Gasteiger partial charge on any atom is -0.353 e. The van der Waals surface area contributed by atoms with Gasteiger partial charge in [0.05, 0.1) is 0 Å². The molecule has 0 aromatic heterocycles. The van der Waals surface area contributed by atoms with Gasteiger partial charge in [0.15, 0.2) is 0 Å². The third-order valence-electron chi connectivity index (χ3n) is 5.53. The van der Waals surface area contributed by atoms with Crippen molar-refractivity contribution >= 4 is 17.6 Å². The second-order valence-electron chi connectivity index (χ2n) is 7.39. The summed E-state index contributed by atoms with van der Waals surface area (Å²) < 4.78 is 0. The normalized spacial score (nSPS) is 29.0. The van der Waals surface area contributed by atoms with Gasteiger partial charge in [-0.3, -0.25) is 4.79 Å². The minimum atomic E-state index is 0.00266. The fourth-order valence-electron chi connectivity index (χ4n) is 4.20. The highest BCUT2D eigenvalue weighted by molar-refractivity contribution is 5.90. The lowest BCUT2D eigenvalue weighted by molar-refractivity contribution is -0.123. The molecule has 3 atom stereocenters. The van der Waals surface area contributed by atoms with Crippen molar-refractivity contribution in [3.05, 3.63) is 30.3 Å². The molecule has 3 aliphatic rings. The zero-order valence-electron chi connectivity index (χ0n) is 13.9. The maximum atomic E-state index is 12.8. The summed E-state index contributed by atoms with van der Waals surface area (Å²) in [5.74, 6) is 0.476. The summed E-state index contributed by atoms with van der Waals surface area (Å²) in [6.07, 6.45) is 7.10. The molecule has 2 aliphatic heterocycles. The smallest absolute Gasteiger partial charge is 0.322 e. The van der Waals surface area contributed by atoms with Crippen LogP contribution in [0.15, 0.2) is 30.3 Å². The molecule has 24 heavy (non-hydrogen) atoms. The van der Waals surface area contributed by atoms with Crippen LogP contribution >= 0.6 is 0 Å². The van der Waals surface area contributed by atoms with Crippen molar-refractivity contribution in [2.75, 3.05) is 5.32 Å². The van der Waals surface area contributed by atoms with Crippen LogP contribution in [0.25, 0.3) is 0 Å². The van der Waals surface area contributed by atoms with Crippen LogP contribution in [0, 0.1) is 5.92 Å². The lowest BCUT2D eigenvalue weighted by Gasteiger charge is -2.48. The van der Waals surface area contributed by atoms with Crippen molar-refractivity contribution < 1.29 is 9.59 Å². The number of carbonyl (C=O) groups is 2. The third kappa shape index (κ3) is 3.25. The Kier molecular flexibility index (Phi) is 4.17. The minimum absolute atomic E-state index is 0.00266. The summed E-state index contributed by atoms with van der Waals surface area (Å²) in [5.41, 5.74) is 0.838. The number of rotatable bonds is 3. The molecule has 2 bridgehead atoms. The van der Waals surface area contributed by atoms with Crippen LogP contribution in [0.1, 0.15) is 44.9 Å². The van der Waals surface area contributed by atoms with Crippen molar-refractivity contribution in [2.45, 2.75) is 63.1 Å². The van der Waals surface area contributed by atoms with E-state index in [0.717, 1.165) is 44.2 Å².